The van der Waals surface area contributed by atoms with Crippen LogP contribution in [0.15, 0.2) is 9.52 Å². The summed E-state index contributed by atoms with van der Waals surface area (Å²) in [7, 11) is 1.80. The Morgan fingerprint density at radius 2 is 1.71 bits per heavy atom. The number of nitrogens with one attached hydrogen (secondary N) is 2. The standard InChI is InChI=1S/C18H35N5O/c1-5-6-7-8-9-10-11-13-20-18(19-4)21-14-12-16-22-17(15(2)3)23-24-16/h15H,5-14H2,1-4H3,(H2,19,20,21). The van der Waals surface area contributed by atoms with Gasteiger partial charge < -0.3 is 15.2 Å². The van der Waals surface area contributed by atoms with Crippen molar-refractivity contribution in [2.45, 2.75) is 78.1 Å². The summed E-state index contributed by atoms with van der Waals surface area (Å²) in [4.78, 5) is 8.61. The Bertz CT molecular complexity index is 456. The van der Waals surface area contributed by atoms with Crippen molar-refractivity contribution in [2.24, 2.45) is 4.99 Å². The van der Waals surface area contributed by atoms with E-state index in [9.17, 15) is 0 Å². The fourth-order valence-corrected chi connectivity index (χ4v) is 2.40. The van der Waals surface area contributed by atoms with Gasteiger partial charge in [0.2, 0.25) is 5.89 Å². The minimum Gasteiger partial charge on any atom is -0.356 e. The van der Waals surface area contributed by atoms with Gasteiger partial charge in [0, 0.05) is 32.5 Å². The van der Waals surface area contributed by atoms with Crippen LogP contribution < -0.4 is 10.6 Å². The molecule has 0 aliphatic rings. The number of guanidine groups is 1. The average Bonchev–Trinajstić information content (AvgIpc) is 3.04. The maximum atomic E-state index is 5.23. The molecular weight excluding hydrogens is 302 g/mol. The molecule has 24 heavy (non-hydrogen) atoms. The monoisotopic (exact) mass is 337 g/mol. The summed E-state index contributed by atoms with van der Waals surface area (Å²) in [6.07, 6.45) is 9.94. The van der Waals surface area contributed by atoms with Crippen molar-refractivity contribution in [3.05, 3.63) is 11.7 Å². The van der Waals surface area contributed by atoms with E-state index in [0.29, 0.717) is 18.2 Å². The normalized spacial score (nSPS) is 12.0. The molecule has 138 valence electrons. The lowest BCUT2D eigenvalue weighted by Crippen LogP contribution is -2.38. The van der Waals surface area contributed by atoms with Gasteiger partial charge in [0.25, 0.3) is 0 Å². The van der Waals surface area contributed by atoms with Crippen LogP contribution in [0.5, 0.6) is 0 Å². The summed E-state index contributed by atoms with van der Waals surface area (Å²) in [5.41, 5.74) is 0. The van der Waals surface area contributed by atoms with Gasteiger partial charge >= 0.3 is 0 Å². The Morgan fingerprint density at radius 1 is 1.04 bits per heavy atom. The van der Waals surface area contributed by atoms with E-state index in [0.717, 1.165) is 24.9 Å². The fourth-order valence-electron chi connectivity index (χ4n) is 2.40. The van der Waals surface area contributed by atoms with E-state index in [4.69, 9.17) is 4.52 Å². The molecule has 1 aromatic rings. The number of rotatable bonds is 12. The van der Waals surface area contributed by atoms with Gasteiger partial charge in [0.05, 0.1) is 0 Å². The van der Waals surface area contributed by atoms with E-state index in [1.165, 1.54) is 44.9 Å². The van der Waals surface area contributed by atoms with Gasteiger partial charge in [-0.1, -0.05) is 64.5 Å². The van der Waals surface area contributed by atoms with Crippen LogP contribution in [0.4, 0.5) is 0 Å². The number of aliphatic imine (C=N–C) groups is 1. The molecule has 0 unspecified atom stereocenters. The molecule has 0 aliphatic carbocycles. The first-order valence-electron chi connectivity index (χ1n) is 9.44. The van der Waals surface area contributed by atoms with Crippen LogP contribution >= 0.6 is 0 Å². The lowest BCUT2D eigenvalue weighted by Gasteiger charge is -2.10. The van der Waals surface area contributed by atoms with Crippen LogP contribution in [0.2, 0.25) is 0 Å². The number of aromatic nitrogens is 2. The van der Waals surface area contributed by atoms with Crippen LogP contribution in [-0.2, 0) is 6.42 Å². The van der Waals surface area contributed by atoms with Gasteiger partial charge in [-0.05, 0) is 6.42 Å². The molecule has 0 spiro atoms. The van der Waals surface area contributed by atoms with E-state index >= 15 is 0 Å². The molecule has 0 atom stereocenters. The van der Waals surface area contributed by atoms with Crippen LogP contribution in [0.25, 0.3) is 0 Å². The molecule has 0 fully saturated rings. The molecule has 6 nitrogen and oxygen atoms in total. The average molecular weight is 338 g/mol. The van der Waals surface area contributed by atoms with Gasteiger partial charge in [0.1, 0.15) is 0 Å². The lowest BCUT2D eigenvalue weighted by atomic mass is 10.1. The number of hydrogen-bond donors (Lipinski definition) is 2. The van der Waals surface area contributed by atoms with Gasteiger partial charge in [-0.3, -0.25) is 4.99 Å². The molecule has 0 radical (unpaired) electrons. The predicted molar refractivity (Wildman–Crippen MR) is 99.4 cm³/mol. The molecule has 0 saturated carbocycles. The largest absolute Gasteiger partial charge is 0.356 e. The van der Waals surface area contributed by atoms with Crippen LogP contribution in [0.1, 0.15) is 83.3 Å². The summed E-state index contributed by atoms with van der Waals surface area (Å²) >= 11 is 0. The Balaban J connectivity index is 2.08. The highest BCUT2D eigenvalue weighted by atomic mass is 16.5. The van der Waals surface area contributed by atoms with E-state index in [2.05, 4.69) is 46.5 Å². The summed E-state index contributed by atoms with van der Waals surface area (Å²) in [6, 6.07) is 0. The Morgan fingerprint density at radius 3 is 2.33 bits per heavy atom. The van der Waals surface area contributed by atoms with E-state index in [1.54, 1.807) is 7.05 Å². The first-order chi connectivity index (χ1) is 11.7. The second-order valence-electron chi connectivity index (χ2n) is 6.50. The Labute approximate surface area is 146 Å². The molecule has 1 rings (SSSR count). The molecular formula is C18H35N5O. The molecule has 0 aromatic carbocycles. The van der Waals surface area contributed by atoms with Gasteiger partial charge in [-0.25, -0.2) is 0 Å². The number of hydrogen-bond acceptors (Lipinski definition) is 4. The van der Waals surface area contributed by atoms with Crippen LogP contribution in [0.3, 0.4) is 0 Å². The molecule has 0 bridgehead atoms. The highest BCUT2D eigenvalue weighted by molar-refractivity contribution is 5.79. The quantitative estimate of drug-likeness (QED) is 0.346. The van der Waals surface area contributed by atoms with Crippen molar-refractivity contribution in [1.82, 2.24) is 20.8 Å². The van der Waals surface area contributed by atoms with Crippen LogP contribution in [-0.4, -0.2) is 36.2 Å². The predicted octanol–water partition coefficient (Wildman–Crippen LogP) is 3.65. The van der Waals surface area contributed by atoms with Crippen molar-refractivity contribution < 1.29 is 4.52 Å². The van der Waals surface area contributed by atoms with Crippen molar-refractivity contribution in [3.63, 3.8) is 0 Å². The van der Waals surface area contributed by atoms with Gasteiger partial charge in [-0.2, -0.15) is 4.98 Å². The third kappa shape index (κ3) is 8.89. The van der Waals surface area contributed by atoms with Crippen molar-refractivity contribution >= 4 is 5.96 Å². The summed E-state index contributed by atoms with van der Waals surface area (Å²) in [5, 5.41) is 10.6. The molecule has 0 aliphatic heterocycles. The number of unbranched alkanes of at least 4 members (excludes halogenated alkanes) is 6. The maximum absolute atomic E-state index is 5.23. The molecule has 2 N–H and O–H groups in total. The first-order valence-corrected chi connectivity index (χ1v) is 9.44. The zero-order valence-corrected chi connectivity index (χ0v) is 15.9. The Hall–Kier alpha value is -1.59. The van der Waals surface area contributed by atoms with Crippen molar-refractivity contribution in [2.75, 3.05) is 20.1 Å². The topological polar surface area (TPSA) is 75.3 Å². The zero-order valence-electron chi connectivity index (χ0n) is 15.9. The van der Waals surface area contributed by atoms with Crippen molar-refractivity contribution in [1.29, 1.82) is 0 Å². The summed E-state index contributed by atoms with van der Waals surface area (Å²) in [5.74, 6) is 2.58. The van der Waals surface area contributed by atoms with Gasteiger partial charge in [-0.15, -0.1) is 0 Å². The van der Waals surface area contributed by atoms with Crippen LogP contribution in [0, 0.1) is 0 Å². The van der Waals surface area contributed by atoms with Gasteiger partial charge in [0.15, 0.2) is 11.8 Å². The van der Waals surface area contributed by atoms with E-state index < -0.39 is 0 Å². The third-order valence-electron chi connectivity index (χ3n) is 3.93. The Kier molecular flexibility index (Phi) is 10.9. The molecule has 0 amide bonds. The zero-order chi connectivity index (χ0) is 17.6. The summed E-state index contributed by atoms with van der Waals surface area (Å²) < 4.78 is 5.23. The van der Waals surface area contributed by atoms with E-state index in [1.807, 2.05) is 0 Å². The lowest BCUT2D eigenvalue weighted by molar-refractivity contribution is 0.371. The maximum Gasteiger partial charge on any atom is 0.228 e. The SMILES string of the molecule is CCCCCCCCCNC(=NC)NCCc1nc(C(C)C)no1. The highest BCUT2D eigenvalue weighted by Crippen LogP contribution is 2.09. The van der Waals surface area contributed by atoms with Crippen molar-refractivity contribution in [3.8, 4) is 0 Å². The molecule has 0 saturated heterocycles. The highest BCUT2D eigenvalue weighted by Gasteiger charge is 2.09. The minimum atomic E-state index is 0.298. The minimum absolute atomic E-state index is 0.298. The molecule has 6 heteroatoms. The smallest absolute Gasteiger partial charge is 0.228 e. The molecule has 1 heterocycles. The third-order valence-corrected chi connectivity index (χ3v) is 3.93. The number of nitrogens with zero attached hydrogens (tertiary/aromatic N) is 3. The fraction of sp³-hybridized carbons (Fsp3) is 0.833. The second-order valence-corrected chi connectivity index (χ2v) is 6.50. The second kappa shape index (κ2) is 12.8. The first kappa shape index (κ1) is 20.5. The summed E-state index contributed by atoms with van der Waals surface area (Å²) in [6.45, 7) is 8.07. The van der Waals surface area contributed by atoms with E-state index in [-0.39, 0.29) is 0 Å². The molecule has 1 aromatic heterocycles.